The summed E-state index contributed by atoms with van der Waals surface area (Å²) in [6, 6.07) is 0. The van der Waals surface area contributed by atoms with E-state index in [9.17, 15) is 4.79 Å². The first kappa shape index (κ1) is 7.08. The molecule has 0 aliphatic heterocycles. The standard InChI is InChI=1S/C10H14O/c1-10(2)6-7-4-3-5-8(7)9(10)11/h3-6H2,1-2H3. The predicted molar refractivity (Wildman–Crippen MR) is 44.3 cm³/mol. The van der Waals surface area contributed by atoms with Gasteiger partial charge in [0.15, 0.2) is 5.78 Å². The summed E-state index contributed by atoms with van der Waals surface area (Å²) in [4.78, 5) is 11.7. The van der Waals surface area contributed by atoms with Crippen molar-refractivity contribution in [3.05, 3.63) is 11.1 Å². The second kappa shape index (κ2) is 1.96. The van der Waals surface area contributed by atoms with Crippen LogP contribution in [0.4, 0.5) is 0 Å². The summed E-state index contributed by atoms with van der Waals surface area (Å²) in [5.41, 5.74) is 2.57. The number of Topliss-reactive ketones (excluding diaryl/α,β-unsaturated/α-hetero) is 1. The van der Waals surface area contributed by atoms with Crippen molar-refractivity contribution >= 4 is 5.78 Å². The zero-order valence-corrected chi connectivity index (χ0v) is 7.24. The van der Waals surface area contributed by atoms with Gasteiger partial charge in [-0.25, -0.2) is 0 Å². The van der Waals surface area contributed by atoms with E-state index in [2.05, 4.69) is 13.8 Å². The van der Waals surface area contributed by atoms with Gasteiger partial charge in [-0.1, -0.05) is 19.4 Å². The Bertz CT molecular complexity index is 246. The van der Waals surface area contributed by atoms with Crippen LogP contribution in [0, 0.1) is 5.41 Å². The van der Waals surface area contributed by atoms with Gasteiger partial charge < -0.3 is 0 Å². The molecule has 1 nitrogen and oxygen atoms in total. The summed E-state index contributed by atoms with van der Waals surface area (Å²) in [7, 11) is 0. The Hall–Kier alpha value is -0.590. The van der Waals surface area contributed by atoms with Crippen LogP contribution in [0.3, 0.4) is 0 Å². The maximum atomic E-state index is 11.7. The van der Waals surface area contributed by atoms with Crippen LogP contribution in [0.1, 0.15) is 39.5 Å². The number of ketones is 1. The fourth-order valence-corrected chi connectivity index (χ4v) is 2.30. The lowest BCUT2D eigenvalue weighted by Gasteiger charge is -2.16. The maximum absolute atomic E-state index is 11.7. The molecule has 0 saturated heterocycles. The molecule has 1 heteroatoms. The van der Waals surface area contributed by atoms with Gasteiger partial charge in [-0.3, -0.25) is 4.79 Å². The van der Waals surface area contributed by atoms with Gasteiger partial charge in [0.2, 0.25) is 0 Å². The van der Waals surface area contributed by atoms with E-state index in [0.717, 1.165) is 12.8 Å². The van der Waals surface area contributed by atoms with Crippen LogP contribution in [-0.2, 0) is 4.79 Å². The molecule has 0 unspecified atom stereocenters. The van der Waals surface area contributed by atoms with Crippen molar-refractivity contribution in [1.82, 2.24) is 0 Å². The number of hydrogen-bond acceptors (Lipinski definition) is 1. The molecule has 60 valence electrons. The molecular formula is C10H14O. The van der Waals surface area contributed by atoms with Crippen molar-refractivity contribution in [1.29, 1.82) is 0 Å². The summed E-state index contributed by atoms with van der Waals surface area (Å²) < 4.78 is 0. The molecule has 0 atom stereocenters. The average molecular weight is 150 g/mol. The Morgan fingerprint density at radius 2 is 2.00 bits per heavy atom. The van der Waals surface area contributed by atoms with Crippen LogP contribution >= 0.6 is 0 Å². The first-order valence-electron chi connectivity index (χ1n) is 4.37. The molecular weight excluding hydrogens is 136 g/mol. The normalized spacial score (nSPS) is 28.0. The zero-order valence-electron chi connectivity index (χ0n) is 7.24. The third kappa shape index (κ3) is 0.867. The second-order valence-electron chi connectivity index (χ2n) is 4.33. The fraction of sp³-hybridized carbons (Fsp3) is 0.700. The largest absolute Gasteiger partial charge is 0.294 e. The summed E-state index contributed by atoms with van der Waals surface area (Å²) in [6.07, 6.45) is 4.48. The Labute approximate surface area is 67.5 Å². The summed E-state index contributed by atoms with van der Waals surface area (Å²) in [5.74, 6) is 0.421. The lowest BCUT2D eigenvalue weighted by atomic mass is 9.86. The average Bonchev–Trinajstić information content (AvgIpc) is 2.39. The third-order valence-corrected chi connectivity index (χ3v) is 2.88. The lowest BCUT2D eigenvalue weighted by molar-refractivity contribution is -0.122. The van der Waals surface area contributed by atoms with E-state index in [-0.39, 0.29) is 5.41 Å². The monoisotopic (exact) mass is 150 g/mol. The van der Waals surface area contributed by atoms with Crippen LogP contribution in [0.25, 0.3) is 0 Å². The highest BCUT2D eigenvalue weighted by Gasteiger charge is 2.40. The third-order valence-electron chi connectivity index (χ3n) is 2.88. The Morgan fingerprint density at radius 3 is 2.64 bits per heavy atom. The number of hydrogen-bond donors (Lipinski definition) is 0. The Balaban J connectivity index is 2.34. The van der Waals surface area contributed by atoms with E-state index in [0.29, 0.717) is 5.78 Å². The topological polar surface area (TPSA) is 17.1 Å². The second-order valence-corrected chi connectivity index (χ2v) is 4.33. The molecule has 0 aromatic heterocycles. The number of rotatable bonds is 0. The number of carbonyl (C=O) groups is 1. The van der Waals surface area contributed by atoms with Crippen LogP contribution in [0.5, 0.6) is 0 Å². The summed E-state index contributed by atoms with van der Waals surface area (Å²) >= 11 is 0. The molecule has 0 N–H and O–H groups in total. The minimum atomic E-state index is -0.0644. The molecule has 2 aliphatic carbocycles. The van der Waals surface area contributed by atoms with Crippen molar-refractivity contribution < 1.29 is 4.79 Å². The molecule has 0 aromatic rings. The molecule has 2 rings (SSSR count). The van der Waals surface area contributed by atoms with Gasteiger partial charge in [0, 0.05) is 5.41 Å². The van der Waals surface area contributed by atoms with E-state index in [1.165, 1.54) is 24.0 Å². The smallest absolute Gasteiger partial charge is 0.164 e. The fourth-order valence-electron chi connectivity index (χ4n) is 2.30. The van der Waals surface area contributed by atoms with Gasteiger partial charge >= 0.3 is 0 Å². The molecule has 0 aromatic carbocycles. The molecule has 0 amide bonds. The van der Waals surface area contributed by atoms with E-state index >= 15 is 0 Å². The Morgan fingerprint density at radius 1 is 1.27 bits per heavy atom. The van der Waals surface area contributed by atoms with E-state index in [1.54, 1.807) is 0 Å². The van der Waals surface area contributed by atoms with Crippen molar-refractivity contribution in [2.45, 2.75) is 39.5 Å². The van der Waals surface area contributed by atoms with E-state index in [1.807, 2.05) is 0 Å². The van der Waals surface area contributed by atoms with Crippen LogP contribution in [0.15, 0.2) is 11.1 Å². The van der Waals surface area contributed by atoms with Gasteiger partial charge in [0.25, 0.3) is 0 Å². The minimum absolute atomic E-state index is 0.0644. The molecule has 0 saturated carbocycles. The lowest BCUT2D eigenvalue weighted by Crippen LogP contribution is -2.19. The number of carbonyl (C=O) groups excluding carboxylic acids is 1. The first-order valence-corrected chi connectivity index (χ1v) is 4.37. The molecule has 0 spiro atoms. The molecule has 0 radical (unpaired) electrons. The highest BCUT2D eigenvalue weighted by molar-refractivity contribution is 6.03. The quantitative estimate of drug-likeness (QED) is 0.518. The molecule has 0 heterocycles. The highest BCUT2D eigenvalue weighted by Crippen LogP contribution is 2.45. The SMILES string of the molecule is CC1(C)CC2=C(CCC2)C1=O. The molecule has 2 aliphatic rings. The molecule has 0 bridgehead atoms. The van der Waals surface area contributed by atoms with Gasteiger partial charge in [0.1, 0.15) is 0 Å². The Kier molecular flexibility index (Phi) is 1.26. The summed E-state index contributed by atoms with van der Waals surface area (Å²) in [5, 5.41) is 0. The van der Waals surface area contributed by atoms with E-state index < -0.39 is 0 Å². The van der Waals surface area contributed by atoms with Crippen molar-refractivity contribution in [3.8, 4) is 0 Å². The van der Waals surface area contributed by atoms with Crippen LogP contribution in [-0.4, -0.2) is 5.78 Å². The first-order chi connectivity index (χ1) is 5.11. The molecule has 11 heavy (non-hydrogen) atoms. The molecule has 0 fully saturated rings. The zero-order chi connectivity index (χ0) is 8.06. The van der Waals surface area contributed by atoms with Crippen LogP contribution < -0.4 is 0 Å². The van der Waals surface area contributed by atoms with Crippen LogP contribution in [0.2, 0.25) is 0 Å². The van der Waals surface area contributed by atoms with Gasteiger partial charge in [-0.2, -0.15) is 0 Å². The van der Waals surface area contributed by atoms with Gasteiger partial charge in [-0.05, 0) is 31.3 Å². The maximum Gasteiger partial charge on any atom is 0.164 e. The predicted octanol–water partition coefficient (Wildman–Crippen LogP) is 2.47. The summed E-state index contributed by atoms with van der Waals surface area (Å²) in [6.45, 7) is 4.13. The highest BCUT2D eigenvalue weighted by atomic mass is 16.1. The van der Waals surface area contributed by atoms with Crippen molar-refractivity contribution in [3.63, 3.8) is 0 Å². The van der Waals surface area contributed by atoms with Gasteiger partial charge in [-0.15, -0.1) is 0 Å². The number of allylic oxidation sites excluding steroid dienone is 2. The van der Waals surface area contributed by atoms with E-state index in [4.69, 9.17) is 0 Å². The van der Waals surface area contributed by atoms with Gasteiger partial charge in [0.05, 0.1) is 0 Å². The minimum Gasteiger partial charge on any atom is -0.294 e. The van der Waals surface area contributed by atoms with Crippen molar-refractivity contribution in [2.75, 3.05) is 0 Å². The van der Waals surface area contributed by atoms with Crippen molar-refractivity contribution in [2.24, 2.45) is 5.41 Å².